The Kier molecular flexibility index (Phi) is 7.09. The number of hydrogen-bond acceptors (Lipinski definition) is 2. The Hall–Kier alpha value is -2.04. The highest BCUT2D eigenvalue weighted by molar-refractivity contribution is 6.35. The summed E-state index contributed by atoms with van der Waals surface area (Å²) in [5, 5.41) is 6.18. The monoisotopic (exact) mass is 364 g/mol. The lowest BCUT2D eigenvalue weighted by Crippen LogP contribution is -2.29. The lowest BCUT2D eigenvalue weighted by molar-refractivity contribution is -0.126. The van der Waals surface area contributed by atoms with E-state index in [1.165, 1.54) is 5.56 Å². The summed E-state index contributed by atoms with van der Waals surface area (Å²) in [5.41, 5.74) is 1.69. The van der Waals surface area contributed by atoms with Gasteiger partial charge in [-0.25, -0.2) is 0 Å². The maximum atomic E-state index is 11.8. The molecule has 0 bridgehead atoms. The zero-order valence-electron chi connectivity index (χ0n) is 13.0. The minimum absolute atomic E-state index is 0.241. The van der Waals surface area contributed by atoms with Crippen molar-refractivity contribution in [2.45, 2.75) is 19.3 Å². The van der Waals surface area contributed by atoms with Gasteiger partial charge in [0.25, 0.3) is 0 Å². The number of anilines is 1. The van der Waals surface area contributed by atoms with Crippen molar-refractivity contribution in [1.29, 1.82) is 0 Å². The molecule has 4 nitrogen and oxygen atoms in total. The van der Waals surface area contributed by atoms with Crippen molar-refractivity contribution in [1.82, 2.24) is 5.32 Å². The summed E-state index contributed by atoms with van der Waals surface area (Å²) in [6.07, 6.45) is 1.46. The molecule has 0 atom stereocenters. The maximum Gasteiger partial charge on any atom is 0.233 e. The molecule has 0 fully saturated rings. The van der Waals surface area contributed by atoms with Crippen LogP contribution in [0.5, 0.6) is 0 Å². The number of aryl methyl sites for hydroxylation is 1. The van der Waals surface area contributed by atoms with Crippen LogP contribution in [0.1, 0.15) is 18.4 Å². The van der Waals surface area contributed by atoms with E-state index in [4.69, 9.17) is 23.2 Å². The normalized spacial score (nSPS) is 10.2. The van der Waals surface area contributed by atoms with Gasteiger partial charge in [0.05, 0.1) is 0 Å². The Morgan fingerprint density at radius 3 is 2.25 bits per heavy atom. The molecule has 24 heavy (non-hydrogen) atoms. The van der Waals surface area contributed by atoms with Crippen LogP contribution in [0.15, 0.2) is 48.5 Å². The number of carbonyl (C=O) groups is 2. The molecule has 2 aromatic carbocycles. The van der Waals surface area contributed by atoms with Crippen molar-refractivity contribution in [3.63, 3.8) is 0 Å². The van der Waals surface area contributed by atoms with Crippen LogP contribution in [0.2, 0.25) is 10.0 Å². The predicted octanol–water partition coefficient (Wildman–Crippen LogP) is 4.07. The summed E-state index contributed by atoms with van der Waals surface area (Å²) in [6.45, 7) is 0.532. The zero-order valence-corrected chi connectivity index (χ0v) is 14.5. The largest absolute Gasteiger partial charge is 0.356 e. The second kappa shape index (κ2) is 9.30. The summed E-state index contributed by atoms with van der Waals surface area (Å²) in [4.78, 5) is 23.6. The van der Waals surface area contributed by atoms with Gasteiger partial charge in [-0.1, -0.05) is 53.5 Å². The SMILES string of the molecule is O=C(CC(=O)Nc1cc(Cl)cc(Cl)c1)NCCCc1ccccc1. The first-order chi connectivity index (χ1) is 11.5. The van der Waals surface area contributed by atoms with Crippen LogP contribution in [0.25, 0.3) is 0 Å². The van der Waals surface area contributed by atoms with Crippen LogP contribution in [0.3, 0.4) is 0 Å². The van der Waals surface area contributed by atoms with E-state index in [1.54, 1.807) is 18.2 Å². The highest BCUT2D eigenvalue weighted by Gasteiger charge is 2.10. The third-order valence-electron chi connectivity index (χ3n) is 3.27. The molecule has 0 aliphatic rings. The van der Waals surface area contributed by atoms with Gasteiger partial charge in [-0.2, -0.15) is 0 Å². The number of halogens is 2. The van der Waals surface area contributed by atoms with Gasteiger partial charge in [-0.05, 0) is 36.6 Å². The molecule has 0 saturated carbocycles. The van der Waals surface area contributed by atoms with Gasteiger partial charge < -0.3 is 10.6 Å². The number of nitrogens with one attached hydrogen (secondary N) is 2. The lowest BCUT2D eigenvalue weighted by Gasteiger charge is -2.07. The minimum atomic E-state index is -0.408. The molecule has 2 N–H and O–H groups in total. The van der Waals surface area contributed by atoms with Crippen molar-refractivity contribution in [3.8, 4) is 0 Å². The average molecular weight is 365 g/mol. The van der Waals surface area contributed by atoms with Crippen LogP contribution < -0.4 is 10.6 Å². The summed E-state index contributed by atoms with van der Waals surface area (Å²) in [7, 11) is 0. The molecule has 0 saturated heterocycles. The van der Waals surface area contributed by atoms with Crippen molar-refractivity contribution in [2.24, 2.45) is 0 Å². The fourth-order valence-electron chi connectivity index (χ4n) is 2.20. The van der Waals surface area contributed by atoms with Gasteiger partial charge in [0.2, 0.25) is 11.8 Å². The highest BCUT2D eigenvalue weighted by Crippen LogP contribution is 2.22. The highest BCUT2D eigenvalue weighted by atomic mass is 35.5. The molecule has 2 amide bonds. The number of carbonyl (C=O) groups excluding carboxylic acids is 2. The van der Waals surface area contributed by atoms with Gasteiger partial charge in [0.15, 0.2) is 0 Å². The number of benzene rings is 2. The van der Waals surface area contributed by atoms with Gasteiger partial charge in [-0.3, -0.25) is 9.59 Å². The third-order valence-corrected chi connectivity index (χ3v) is 3.71. The number of amides is 2. The third kappa shape index (κ3) is 6.60. The Morgan fingerprint density at radius 2 is 1.58 bits per heavy atom. The van der Waals surface area contributed by atoms with Crippen molar-refractivity contribution in [2.75, 3.05) is 11.9 Å². The lowest BCUT2D eigenvalue weighted by atomic mass is 10.1. The fraction of sp³-hybridized carbons (Fsp3) is 0.222. The van der Waals surface area contributed by atoms with Gasteiger partial charge in [-0.15, -0.1) is 0 Å². The van der Waals surface area contributed by atoms with E-state index in [2.05, 4.69) is 10.6 Å². The van der Waals surface area contributed by atoms with E-state index in [1.807, 2.05) is 30.3 Å². The smallest absolute Gasteiger partial charge is 0.233 e. The van der Waals surface area contributed by atoms with Crippen molar-refractivity contribution in [3.05, 3.63) is 64.1 Å². The molecule has 2 aromatic rings. The van der Waals surface area contributed by atoms with E-state index >= 15 is 0 Å². The standard InChI is InChI=1S/C18H18Cl2N2O2/c19-14-9-15(20)11-16(10-14)22-18(24)12-17(23)21-8-4-7-13-5-2-1-3-6-13/h1-3,5-6,9-11H,4,7-8,12H2,(H,21,23)(H,22,24). The van der Waals surface area contributed by atoms with E-state index in [0.29, 0.717) is 22.3 Å². The molecule has 0 heterocycles. The molecule has 0 aliphatic heterocycles. The van der Waals surface area contributed by atoms with Crippen LogP contribution in [0.4, 0.5) is 5.69 Å². The van der Waals surface area contributed by atoms with Crippen LogP contribution in [0, 0.1) is 0 Å². The van der Waals surface area contributed by atoms with Gasteiger partial charge in [0.1, 0.15) is 6.42 Å². The molecular formula is C18H18Cl2N2O2. The quantitative estimate of drug-likeness (QED) is 0.574. The topological polar surface area (TPSA) is 58.2 Å². The summed E-state index contributed by atoms with van der Waals surface area (Å²) >= 11 is 11.7. The van der Waals surface area contributed by atoms with Crippen LogP contribution in [-0.4, -0.2) is 18.4 Å². The van der Waals surface area contributed by atoms with Crippen LogP contribution in [-0.2, 0) is 16.0 Å². The maximum absolute atomic E-state index is 11.8. The number of hydrogen-bond donors (Lipinski definition) is 2. The molecule has 126 valence electrons. The Morgan fingerprint density at radius 1 is 0.917 bits per heavy atom. The molecule has 0 unspecified atom stereocenters. The first-order valence-corrected chi connectivity index (χ1v) is 8.35. The fourth-order valence-corrected chi connectivity index (χ4v) is 2.73. The minimum Gasteiger partial charge on any atom is -0.356 e. The number of rotatable bonds is 7. The Labute approximate surface area is 151 Å². The molecular weight excluding hydrogens is 347 g/mol. The molecule has 2 rings (SSSR count). The Bertz CT molecular complexity index is 685. The van der Waals surface area contributed by atoms with E-state index in [0.717, 1.165) is 12.8 Å². The molecule has 0 radical (unpaired) electrons. The summed E-state index contributed by atoms with van der Waals surface area (Å²) in [5.74, 6) is -0.720. The van der Waals surface area contributed by atoms with E-state index in [9.17, 15) is 9.59 Å². The first-order valence-electron chi connectivity index (χ1n) is 7.59. The first kappa shape index (κ1) is 18.3. The summed E-state index contributed by atoms with van der Waals surface area (Å²) in [6, 6.07) is 14.7. The average Bonchev–Trinajstić information content (AvgIpc) is 2.51. The van der Waals surface area contributed by atoms with Crippen LogP contribution >= 0.6 is 23.2 Å². The van der Waals surface area contributed by atoms with Crippen molar-refractivity contribution >= 4 is 40.7 Å². The predicted molar refractivity (Wildman–Crippen MR) is 97.5 cm³/mol. The molecule has 0 spiro atoms. The second-order valence-electron chi connectivity index (χ2n) is 5.32. The molecule has 6 heteroatoms. The van der Waals surface area contributed by atoms with E-state index < -0.39 is 5.91 Å². The van der Waals surface area contributed by atoms with Gasteiger partial charge in [0, 0.05) is 22.3 Å². The van der Waals surface area contributed by atoms with E-state index in [-0.39, 0.29) is 12.3 Å². The Balaban J connectivity index is 1.69. The van der Waals surface area contributed by atoms with Gasteiger partial charge >= 0.3 is 0 Å². The second-order valence-corrected chi connectivity index (χ2v) is 6.20. The summed E-state index contributed by atoms with van der Waals surface area (Å²) < 4.78 is 0. The molecule has 0 aromatic heterocycles. The van der Waals surface area contributed by atoms with Crippen molar-refractivity contribution < 1.29 is 9.59 Å². The zero-order chi connectivity index (χ0) is 17.4. The molecule has 0 aliphatic carbocycles.